The molecule has 9 nitrogen and oxygen atoms in total. The molecule has 4 rings (SSSR count). The Balaban J connectivity index is 1.31. The van der Waals surface area contributed by atoms with Crippen LogP contribution in [0.2, 0.25) is 0 Å². The smallest absolute Gasteiger partial charge is 0.302 e. The van der Waals surface area contributed by atoms with Gasteiger partial charge in [0.2, 0.25) is 10.0 Å². The van der Waals surface area contributed by atoms with Crippen molar-refractivity contribution in [2.24, 2.45) is 0 Å². The highest BCUT2D eigenvalue weighted by atomic mass is 32.2. The number of esters is 1. The Bertz CT molecular complexity index is 1480. The molecule has 0 fully saturated rings. The number of anilines is 1. The van der Waals surface area contributed by atoms with Crippen LogP contribution in [-0.2, 0) is 26.2 Å². The fourth-order valence-corrected chi connectivity index (χ4v) is 4.51. The summed E-state index contributed by atoms with van der Waals surface area (Å²) in [5, 5.41) is 16.0. The SMILES string of the molecule is CC(=O)OCc1ccc(C(O)CNCCOc2ccc3c(c2)[nH]c2ccccc23)cc1NS(C)(=O)=O. The Kier molecular flexibility index (Phi) is 7.78. The van der Waals surface area contributed by atoms with Gasteiger partial charge in [-0.3, -0.25) is 9.52 Å². The maximum Gasteiger partial charge on any atom is 0.302 e. The lowest BCUT2D eigenvalue weighted by molar-refractivity contribution is -0.142. The lowest BCUT2D eigenvalue weighted by atomic mass is 10.1. The summed E-state index contributed by atoms with van der Waals surface area (Å²) in [6, 6.07) is 18.9. The van der Waals surface area contributed by atoms with Crippen LogP contribution in [0.4, 0.5) is 5.69 Å². The van der Waals surface area contributed by atoms with Crippen LogP contribution in [-0.4, -0.2) is 50.4 Å². The van der Waals surface area contributed by atoms with Gasteiger partial charge >= 0.3 is 5.97 Å². The van der Waals surface area contributed by atoms with Crippen LogP contribution in [0.15, 0.2) is 60.7 Å². The fraction of sp³-hybridized carbons (Fsp3) is 0.269. The number of ether oxygens (including phenoxy) is 2. The number of aliphatic hydroxyl groups excluding tert-OH is 1. The highest BCUT2D eigenvalue weighted by molar-refractivity contribution is 7.92. The number of aromatic nitrogens is 1. The number of benzene rings is 3. The maximum atomic E-state index is 11.7. The topological polar surface area (TPSA) is 130 Å². The zero-order valence-corrected chi connectivity index (χ0v) is 20.9. The lowest BCUT2D eigenvalue weighted by Gasteiger charge is -2.17. The normalized spacial score (nSPS) is 12.5. The van der Waals surface area contributed by atoms with Gasteiger partial charge in [-0.15, -0.1) is 0 Å². The standard InChI is InChI=1S/C26H29N3O6S/c1-17(30)35-16-19-8-7-18(13-24(19)29-36(2,32)33)26(31)15-27-11-12-34-20-9-10-22-21-5-3-4-6-23(21)28-25(22)14-20/h3-10,13-14,26-29,31H,11-12,15-16H2,1-2H3. The monoisotopic (exact) mass is 511 g/mol. The van der Waals surface area contributed by atoms with Crippen molar-refractivity contribution in [1.29, 1.82) is 0 Å². The van der Waals surface area contributed by atoms with E-state index >= 15 is 0 Å². The molecule has 4 N–H and O–H groups in total. The number of para-hydroxylation sites is 1. The molecule has 0 aliphatic carbocycles. The van der Waals surface area contributed by atoms with Gasteiger partial charge in [-0.05, 0) is 29.8 Å². The van der Waals surface area contributed by atoms with E-state index in [-0.39, 0.29) is 18.8 Å². The molecule has 190 valence electrons. The summed E-state index contributed by atoms with van der Waals surface area (Å²) in [6.07, 6.45) is 0.152. The molecule has 36 heavy (non-hydrogen) atoms. The van der Waals surface area contributed by atoms with Crippen LogP contribution in [0.1, 0.15) is 24.2 Å². The average Bonchev–Trinajstić information content (AvgIpc) is 3.19. The van der Waals surface area contributed by atoms with Crippen molar-refractivity contribution in [2.45, 2.75) is 19.6 Å². The van der Waals surface area contributed by atoms with Crippen LogP contribution in [0.3, 0.4) is 0 Å². The summed E-state index contributed by atoms with van der Waals surface area (Å²) in [5.41, 5.74) is 3.35. The molecule has 0 saturated carbocycles. The highest BCUT2D eigenvalue weighted by Gasteiger charge is 2.14. The van der Waals surface area contributed by atoms with Crippen LogP contribution in [0, 0.1) is 0 Å². The molecule has 1 atom stereocenters. The first-order valence-electron chi connectivity index (χ1n) is 11.5. The number of sulfonamides is 1. The summed E-state index contributed by atoms with van der Waals surface area (Å²) in [5.74, 6) is 0.272. The van der Waals surface area contributed by atoms with E-state index in [1.807, 2.05) is 36.4 Å². The Morgan fingerprint density at radius 3 is 2.61 bits per heavy atom. The Morgan fingerprint density at radius 2 is 1.83 bits per heavy atom. The van der Waals surface area contributed by atoms with Crippen LogP contribution >= 0.6 is 0 Å². The predicted octanol–water partition coefficient (Wildman–Crippen LogP) is 3.46. The molecule has 0 amide bonds. The summed E-state index contributed by atoms with van der Waals surface area (Å²) in [7, 11) is -3.56. The third-order valence-corrected chi connectivity index (χ3v) is 6.20. The molecule has 3 aromatic carbocycles. The largest absolute Gasteiger partial charge is 0.492 e. The molecule has 0 aliphatic heterocycles. The molecule has 10 heteroatoms. The number of fused-ring (bicyclic) bond motifs is 3. The second-order valence-electron chi connectivity index (χ2n) is 8.52. The van der Waals surface area contributed by atoms with Crippen molar-refractivity contribution in [3.63, 3.8) is 0 Å². The first-order valence-corrected chi connectivity index (χ1v) is 13.3. The van der Waals surface area contributed by atoms with Crippen molar-refractivity contribution in [3.05, 3.63) is 71.8 Å². The average molecular weight is 512 g/mol. The second kappa shape index (κ2) is 11.0. The first kappa shape index (κ1) is 25.5. The van der Waals surface area contributed by atoms with Crippen molar-refractivity contribution in [1.82, 2.24) is 10.3 Å². The number of hydrogen-bond acceptors (Lipinski definition) is 7. The zero-order chi connectivity index (χ0) is 25.7. The van der Waals surface area contributed by atoms with Gasteiger partial charge in [0.05, 0.1) is 23.6 Å². The van der Waals surface area contributed by atoms with Crippen LogP contribution in [0.5, 0.6) is 5.75 Å². The number of aliphatic hydroxyl groups is 1. The minimum Gasteiger partial charge on any atom is -0.492 e. The van der Waals surface area contributed by atoms with Crippen molar-refractivity contribution >= 4 is 43.5 Å². The number of nitrogens with one attached hydrogen (secondary N) is 3. The molecule has 0 saturated heterocycles. The molecule has 0 bridgehead atoms. The minimum absolute atomic E-state index is 0.0799. The van der Waals surface area contributed by atoms with Gasteiger partial charge in [0.15, 0.2) is 0 Å². The van der Waals surface area contributed by atoms with E-state index in [2.05, 4.69) is 21.1 Å². The van der Waals surface area contributed by atoms with E-state index in [0.29, 0.717) is 24.3 Å². The summed E-state index contributed by atoms with van der Waals surface area (Å²) in [4.78, 5) is 14.5. The molecule has 1 heterocycles. The zero-order valence-electron chi connectivity index (χ0n) is 20.1. The highest BCUT2D eigenvalue weighted by Crippen LogP contribution is 2.28. The van der Waals surface area contributed by atoms with Gasteiger partial charge in [0.1, 0.15) is 19.0 Å². The molecule has 0 aliphatic rings. The van der Waals surface area contributed by atoms with E-state index < -0.39 is 22.1 Å². The molecule has 0 spiro atoms. The van der Waals surface area contributed by atoms with E-state index in [1.165, 1.54) is 18.4 Å². The second-order valence-corrected chi connectivity index (χ2v) is 10.3. The number of aromatic amines is 1. The Labute approximate surface area is 209 Å². The third kappa shape index (κ3) is 6.54. The minimum atomic E-state index is -3.56. The van der Waals surface area contributed by atoms with E-state index in [9.17, 15) is 18.3 Å². The Hall–Kier alpha value is -3.60. The van der Waals surface area contributed by atoms with Crippen LogP contribution in [0.25, 0.3) is 21.8 Å². The third-order valence-electron chi connectivity index (χ3n) is 5.61. The quantitative estimate of drug-likeness (QED) is 0.179. The first-order chi connectivity index (χ1) is 17.2. The number of carbonyl (C=O) groups is 1. The van der Waals surface area contributed by atoms with E-state index in [4.69, 9.17) is 9.47 Å². The van der Waals surface area contributed by atoms with E-state index in [1.54, 1.807) is 12.1 Å². The number of carbonyl (C=O) groups excluding carboxylic acids is 1. The summed E-state index contributed by atoms with van der Waals surface area (Å²) >= 11 is 0. The molecule has 4 aromatic rings. The molecule has 1 aromatic heterocycles. The fourth-order valence-electron chi connectivity index (χ4n) is 3.92. The van der Waals surface area contributed by atoms with E-state index in [0.717, 1.165) is 28.4 Å². The molecular weight excluding hydrogens is 482 g/mol. The van der Waals surface area contributed by atoms with Gasteiger partial charge in [-0.2, -0.15) is 0 Å². The van der Waals surface area contributed by atoms with Gasteiger partial charge in [-0.1, -0.05) is 30.3 Å². The molecule has 0 radical (unpaired) electrons. The Morgan fingerprint density at radius 1 is 1.06 bits per heavy atom. The summed E-state index contributed by atoms with van der Waals surface area (Å²) < 4.78 is 36.7. The van der Waals surface area contributed by atoms with Crippen LogP contribution < -0.4 is 14.8 Å². The van der Waals surface area contributed by atoms with Crippen molar-refractivity contribution in [2.75, 3.05) is 30.7 Å². The molecular formula is C26H29N3O6S. The van der Waals surface area contributed by atoms with Gasteiger partial charge < -0.3 is 24.9 Å². The predicted molar refractivity (Wildman–Crippen MR) is 140 cm³/mol. The van der Waals surface area contributed by atoms with Crippen molar-refractivity contribution in [3.8, 4) is 5.75 Å². The number of H-pyrrole nitrogens is 1. The van der Waals surface area contributed by atoms with Crippen molar-refractivity contribution < 1.29 is 27.8 Å². The maximum absolute atomic E-state index is 11.7. The van der Waals surface area contributed by atoms with Gasteiger partial charge in [0.25, 0.3) is 0 Å². The summed E-state index contributed by atoms with van der Waals surface area (Å²) in [6.45, 7) is 2.34. The molecule has 1 unspecified atom stereocenters. The van der Waals surface area contributed by atoms with Gasteiger partial charge in [0, 0.05) is 47.9 Å². The number of rotatable bonds is 11. The lowest BCUT2D eigenvalue weighted by Crippen LogP contribution is -2.26. The number of hydrogen-bond donors (Lipinski definition) is 4. The van der Waals surface area contributed by atoms with Gasteiger partial charge in [-0.25, -0.2) is 8.42 Å².